The third-order valence-corrected chi connectivity index (χ3v) is 7.18. The van der Waals surface area contributed by atoms with Crippen LogP contribution in [-0.2, 0) is 16.4 Å². The van der Waals surface area contributed by atoms with Gasteiger partial charge < -0.3 is 4.74 Å². The number of rotatable bonds is 5. The van der Waals surface area contributed by atoms with Crippen molar-refractivity contribution in [1.29, 1.82) is 0 Å². The van der Waals surface area contributed by atoms with Crippen molar-refractivity contribution in [3.63, 3.8) is 0 Å². The van der Waals surface area contributed by atoms with E-state index in [2.05, 4.69) is 19.6 Å². The van der Waals surface area contributed by atoms with E-state index in [0.717, 1.165) is 16.8 Å². The summed E-state index contributed by atoms with van der Waals surface area (Å²) in [7, 11) is -2.16. The van der Waals surface area contributed by atoms with E-state index in [-0.39, 0.29) is 10.7 Å². The zero-order chi connectivity index (χ0) is 22.3. The highest BCUT2D eigenvalue weighted by Crippen LogP contribution is 2.36. The zero-order valence-electron chi connectivity index (χ0n) is 17.0. The fourth-order valence-corrected chi connectivity index (χ4v) is 5.22. The van der Waals surface area contributed by atoms with Gasteiger partial charge in [0, 0.05) is 17.7 Å². The second-order valence-corrected chi connectivity index (χ2v) is 9.08. The number of fused-ring (bicyclic) bond motifs is 1. The Hall–Kier alpha value is -3.92. The maximum absolute atomic E-state index is 13.3. The van der Waals surface area contributed by atoms with E-state index in [1.165, 1.54) is 16.4 Å². The maximum Gasteiger partial charge on any atom is 0.439 e. The molecule has 32 heavy (non-hydrogen) atoms. The standard InChI is InChI=1S/C22H18N4O5S/c1-30-17-5-8-19(23-13-17)15-4-9-20-16(12-15)10-11-26(20)32(28,29)18-6-2-14(3-7-18)21-24-22(27)31-25-21/h2-9,12-13H,10-11H2,1H3,(H,24,25,27). The number of nitrogens with one attached hydrogen (secondary N) is 1. The van der Waals surface area contributed by atoms with E-state index >= 15 is 0 Å². The molecule has 0 saturated carbocycles. The van der Waals surface area contributed by atoms with E-state index in [0.29, 0.717) is 30.0 Å². The first-order valence-electron chi connectivity index (χ1n) is 9.78. The topological polar surface area (TPSA) is 118 Å². The molecule has 0 atom stereocenters. The van der Waals surface area contributed by atoms with Crippen LogP contribution in [0, 0.1) is 0 Å². The summed E-state index contributed by atoms with van der Waals surface area (Å²) in [6.07, 6.45) is 2.26. The Kier molecular flexibility index (Phi) is 4.78. The Balaban J connectivity index is 1.43. The molecule has 10 heteroatoms. The summed E-state index contributed by atoms with van der Waals surface area (Å²) >= 11 is 0. The molecule has 162 valence electrons. The van der Waals surface area contributed by atoms with Gasteiger partial charge in [-0.25, -0.2) is 13.2 Å². The molecule has 2 aromatic carbocycles. The molecule has 1 aliphatic heterocycles. The Morgan fingerprint density at radius 2 is 1.84 bits per heavy atom. The highest BCUT2D eigenvalue weighted by atomic mass is 32.2. The van der Waals surface area contributed by atoms with E-state index in [1.807, 2.05) is 30.3 Å². The molecule has 0 aliphatic carbocycles. The Morgan fingerprint density at radius 1 is 1.06 bits per heavy atom. The van der Waals surface area contributed by atoms with Gasteiger partial charge in [0.05, 0.1) is 29.6 Å². The number of ether oxygens (including phenoxy) is 1. The van der Waals surface area contributed by atoms with E-state index < -0.39 is 15.8 Å². The van der Waals surface area contributed by atoms with Crippen molar-refractivity contribution in [2.45, 2.75) is 11.3 Å². The summed E-state index contributed by atoms with van der Waals surface area (Å²) in [4.78, 5) is 18.1. The number of benzene rings is 2. The SMILES string of the molecule is COc1ccc(-c2ccc3c(c2)CCN3S(=O)(=O)c2ccc(-c3noc(=O)[nH]3)cc2)nc1. The normalized spacial score (nSPS) is 13.2. The first-order valence-corrected chi connectivity index (χ1v) is 11.2. The van der Waals surface area contributed by atoms with Crippen LogP contribution in [0.2, 0.25) is 0 Å². The molecule has 5 rings (SSSR count). The van der Waals surface area contributed by atoms with Gasteiger partial charge >= 0.3 is 5.76 Å². The number of pyridine rings is 1. The third kappa shape index (κ3) is 3.44. The second kappa shape index (κ2) is 7.65. The van der Waals surface area contributed by atoms with Crippen molar-refractivity contribution in [3.05, 3.63) is 76.9 Å². The van der Waals surface area contributed by atoms with Crippen molar-refractivity contribution in [2.24, 2.45) is 0 Å². The quantitative estimate of drug-likeness (QED) is 0.497. The van der Waals surface area contributed by atoms with Crippen LogP contribution in [0.1, 0.15) is 5.56 Å². The number of anilines is 1. The first kappa shape index (κ1) is 20.0. The maximum atomic E-state index is 13.3. The molecule has 0 radical (unpaired) electrons. The largest absolute Gasteiger partial charge is 0.495 e. The summed E-state index contributed by atoms with van der Waals surface area (Å²) < 4.78 is 37.6. The molecule has 3 heterocycles. The monoisotopic (exact) mass is 450 g/mol. The molecular weight excluding hydrogens is 432 g/mol. The van der Waals surface area contributed by atoms with Crippen molar-refractivity contribution in [3.8, 4) is 28.4 Å². The van der Waals surface area contributed by atoms with Gasteiger partial charge in [-0.05, 0) is 60.5 Å². The van der Waals surface area contributed by atoms with Gasteiger partial charge in [-0.3, -0.25) is 18.8 Å². The summed E-state index contributed by atoms with van der Waals surface area (Å²) in [5, 5.41) is 3.61. The van der Waals surface area contributed by atoms with Crippen molar-refractivity contribution < 1.29 is 17.7 Å². The van der Waals surface area contributed by atoms with Gasteiger partial charge in [-0.1, -0.05) is 11.2 Å². The number of H-pyrrole nitrogens is 1. The predicted molar refractivity (Wildman–Crippen MR) is 117 cm³/mol. The van der Waals surface area contributed by atoms with Gasteiger partial charge in [-0.2, -0.15) is 0 Å². The number of methoxy groups -OCH3 is 1. The molecule has 2 aromatic heterocycles. The number of nitrogens with zero attached hydrogens (tertiary/aromatic N) is 3. The summed E-state index contributed by atoms with van der Waals surface area (Å²) in [6.45, 7) is 0.357. The lowest BCUT2D eigenvalue weighted by molar-refractivity contribution is 0.388. The number of aromatic amines is 1. The smallest absolute Gasteiger partial charge is 0.439 e. The molecular formula is C22H18N4O5S. The predicted octanol–water partition coefficient (Wildman–Crippen LogP) is 2.85. The van der Waals surface area contributed by atoms with E-state index in [4.69, 9.17) is 4.74 Å². The second-order valence-electron chi connectivity index (χ2n) is 7.22. The van der Waals surface area contributed by atoms with Crippen LogP contribution < -0.4 is 14.8 Å². The average molecular weight is 450 g/mol. The molecule has 0 fully saturated rings. The third-order valence-electron chi connectivity index (χ3n) is 5.36. The summed E-state index contributed by atoms with van der Waals surface area (Å²) in [5.74, 6) is 0.243. The average Bonchev–Trinajstić information content (AvgIpc) is 3.45. The molecule has 9 nitrogen and oxygen atoms in total. The van der Waals surface area contributed by atoms with Crippen LogP contribution in [0.4, 0.5) is 5.69 Å². The number of hydrogen-bond acceptors (Lipinski definition) is 7. The molecule has 0 amide bonds. The van der Waals surface area contributed by atoms with Gasteiger partial charge in [0.2, 0.25) is 0 Å². The number of aromatic nitrogens is 3. The minimum Gasteiger partial charge on any atom is -0.495 e. The summed E-state index contributed by atoms with van der Waals surface area (Å²) in [6, 6.07) is 15.5. The van der Waals surface area contributed by atoms with Gasteiger partial charge in [0.1, 0.15) is 5.75 Å². The first-order chi connectivity index (χ1) is 15.5. The number of sulfonamides is 1. The Morgan fingerprint density at radius 3 is 2.50 bits per heavy atom. The summed E-state index contributed by atoms with van der Waals surface area (Å²) in [5.41, 5.74) is 3.86. The molecule has 0 saturated heterocycles. The Labute approximate surface area is 183 Å². The van der Waals surface area contributed by atoms with Crippen molar-refractivity contribution >= 4 is 15.7 Å². The van der Waals surface area contributed by atoms with Crippen LogP contribution >= 0.6 is 0 Å². The molecule has 0 spiro atoms. The van der Waals surface area contributed by atoms with E-state index in [9.17, 15) is 13.2 Å². The minimum atomic E-state index is -3.75. The number of hydrogen-bond donors (Lipinski definition) is 1. The van der Waals surface area contributed by atoms with Crippen molar-refractivity contribution in [1.82, 2.24) is 15.1 Å². The van der Waals surface area contributed by atoms with Crippen molar-refractivity contribution in [2.75, 3.05) is 18.0 Å². The van der Waals surface area contributed by atoms with Gasteiger partial charge in [0.25, 0.3) is 10.0 Å². The van der Waals surface area contributed by atoms with Crippen LogP contribution in [0.5, 0.6) is 5.75 Å². The fraction of sp³-hybridized carbons (Fsp3) is 0.136. The Bertz CT molecular complexity index is 1440. The van der Waals surface area contributed by atoms with Crippen LogP contribution in [0.15, 0.2) is 75.0 Å². The highest BCUT2D eigenvalue weighted by molar-refractivity contribution is 7.92. The molecule has 1 N–H and O–H groups in total. The lowest BCUT2D eigenvalue weighted by Crippen LogP contribution is -2.29. The molecule has 0 unspecified atom stereocenters. The zero-order valence-corrected chi connectivity index (χ0v) is 17.8. The van der Waals surface area contributed by atoms with Gasteiger partial charge in [0.15, 0.2) is 5.82 Å². The molecule has 0 bridgehead atoms. The lowest BCUT2D eigenvalue weighted by Gasteiger charge is -2.20. The molecule has 4 aromatic rings. The highest BCUT2D eigenvalue weighted by Gasteiger charge is 2.31. The fourth-order valence-electron chi connectivity index (χ4n) is 3.72. The van der Waals surface area contributed by atoms with Crippen LogP contribution in [0.3, 0.4) is 0 Å². The van der Waals surface area contributed by atoms with Crippen LogP contribution in [-0.4, -0.2) is 37.2 Å². The van der Waals surface area contributed by atoms with Crippen LogP contribution in [0.25, 0.3) is 22.6 Å². The minimum absolute atomic E-state index is 0.154. The molecule has 1 aliphatic rings. The van der Waals surface area contributed by atoms with Gasteiger partial charge in [-0.15, -0.1) is 0 Å². The van der Waals surface area contributed by atoms with E-state index in [1.54, 1.807) is 25.4 Å². The lowest BCUT2D eigenvalue weighted by atomic mass is 10.1.